The van der Waals surface area contributed by atoms with Gasteiger partial charge in [-0.2, -0.15) is 0 Å². The number of hydrogen-bond donors (Lipinski definition) is 0. The molecule has 19 heavy (non-hydrogen) atoms. The van der Waals surface area contributed by atoms with Crippen LogP contribution in [-0.2, 0) is 8.85 Å². The van der Waals surface area contributed by atoms with Crippen molar-refractivity contribution < 1.29 is 8.85 Å². The molecule has 0 fully saturated rings. The van der Waals surface area contributed by atoms with Gasteiger partial charge >= 0.3 is 8.56 Å². The summed E-state index contributed by atoms with van der Waals surface area (Å²) in [4.78, 5) is 0. The second kappa shape index (κ2) is 12.9. The van der Waals surface area contributed by atoms with Gasteiger partial charge < -0.3 is 8.85 Å². The lowest BCUT2D eigenvalue weighted by molar-refractivity contribution is 0.178. The van der Waals surface area contributed by atoms with Crippen molar-refractivity contribution in [3.63, 3.8) is 0 Å². The van der Waals surface area contributed by atoms with Gasteiger partial charge in [-0.25, -0.2) is 0 Å². The summed E-state index contributed by atoms with van der Waals surface area (Å²) in [5.74, 6) is 0. The zero-order chi connectivity index (χ0) is 14.4. The summed E-state index contributed by atoms with van der Waals surface area (Å²) in [6.07, 6.45) is 13.6. The van der Waals surface area contributed by atoms with E-state index in [9.17, 15) is 0 Å². The van der Waals surface area contributed by atoms with E-state index in [0.29, 0.717) is 0 Å². The Hall–Kier alpha value is -0.123. The SMILES string of the molecule is C=CCCO[Si](C)(C)OCCCCCCCCCC. The molecule has 2 nitrogen and oxygen atoms in total. The monoisotopic (exact) mass is 286 g/mol. The minimum Gasteiger partial charge on any atom is -0.395 e. The van der Waals surface area contributed by atoms with Gasteiger partial charge in [0.1, 0.15) is 0 Å². The van der Waals surface area contributed by atoms with Gasteiger partial charge in [0.25, 0.3) is 0 Å². The molecule has 0 aromatic heterocycles. The first-order chi connectivity index (χ1) is 9.12. The van der Waals surface area contributed by atoms with E-state index in [-0.39, 0.29) is 0 Å². The molecule has 0 saturated carbocycles. The number of hydrogen-bond acceptors (Lipinski definition) is 2. The molecule has 3 heteroatoms. The Kier molecular flexibility index (Phi) is 12.8. The Morgan fingerprint density at radius 1 is 0.842 bits per heavy atom. The van der Waals surface area contributed by atoms with Crippen LogP contribution in [0.15, 0.2) is 12.7 Å². The Balaban J connectivity index is 3.30. The van der Waals surface area contributed by atoms with Crippen molar-refractivity contribution in [1.82, 2.24) is 0 Å². The fourth-order valence-electron chi connectivity index (χ4n) is 1.98. The molecular weight excluding hydrogens is 252 g/mol. The summed E-state index contributed by atoms with van der Waals surface area (Å²) < 4.78 is 11.7. The highest BCUT2D eigenvalue weighted by atomic mass is 28.4. The molecule has 0 bridgehead atoms. The van der Waals surface area contributed by atoms with Gasteiger partial charge in [0.05, 0.1) is 0 Å². The summed E-state index contributed by atoms with van der Waals surface area (Å²) in [7, 11) is -1.87. The predicted octanol–water partition coefficient (Wildman–Crippen LogP) is 5.44. The van der Waals surface area contributed by atoms with Crippen molar-refractivity contribution in [3.05, 3.63) is 12.7 Å². The third-order valence-electron chi connectivity index (χ3n) is 3.22. The zero-order valence-electron chi connectivity index (χ0n) is 13.4. The number of unbranched alkanes of at least 4 members (excludes halogenated alkanes) is 7. The van der Waals surface area contributed by atoms with Crippen molar-refractivity contribution in [2.45, 2.75) is 77.8 Å². The Morgan fingerprint density at radius 3 is 1.95 bits per heavy atom. The van der Waals surface area contributed by atoms with Gasteiger partial charge in [-0.15, -0.1) is 6.58 Å². The van der Waals surface area contributed by atoms with E-state index in [0.717, 1.165) is 19.6 Å². The van der Waals surface area contributed by atoms with Crippen LogP contribution in [0.5, 0.6) is 0 Å². The topological polar surface area (TPSA) is 18.5 Å². The molecule has 0 saturated heterocycles. The van der Waals surface area contributed by atoms with E-state index in [4.69, 9.17) is 8.85 Å². The lowest BCUT2D eigenvalue weighted by Crippen LogP contribution is -2.35. The molecule has 0 rings (SSSR count). The molecule has 0 aromatic rings. The molecule has 0 aliphatic carbocycles. The van der Waals surface area contributed by atoms with Crippen LogP contribution in [0, 0.1) is 0 Å². The van der Waals surface area contributed by atoms with E-state index in [2.05, 4.69) is 26.6 Å². The molecule has 0 heterocycles. The largest absolute Gasteiger partial charge is 0.395 e. The second-order valence-corrected chi connectivity index (χ2v) is 9.03. The Bertz CT molecular complexity index is 205. The number of rotatable bonds is 14. The molecule has 0 unspecified atom stereocenters. The minimum absolute atomic E-state index is 0.750. The average molecular weight is 287 g/mol. The Morgan fingerprint density at radius 2 is 1.37 bits per heavy atom. The molecule has 0 aliphatic rings. The van der Waals surface area contributed by atoms with Crippen LogP contribution in [0.3, 0.4) is 0 Å². The smallest absolute Gasteiger partial charge is 0.331 e. The minimum atomic E-state index is -1.87. The van der Waals surface area contributed by atoms with Gasteiger partial charge in [-0.05, 0) is 25.9 Å². The first-order valence-corrected chi connectivity index (χ1v) is 10.8. The van der Waals surface area contributed by atoms with Gasteiger partial charge in [0.2, 0.25) is 0 Å². The molecule has 0 aliphatic heterocycles. The summed E-state index contributed by atoms with van der Waals surface area (Å²) in [5, 5.41) is 0. The molecule has 0 aromatic carbocycles. The zero-order valence-corrected chi connectivity index (χ0v) is 14.4. The lowest BCUT2D eigenvalue weighted by Gasteiger charge is -2.22. The normalized spacial score (nSPS) is 11.7. The molecule has 114 valence electrons. The predicted molar refractivity (Wildman–Crippen MR) is 86.8 cm³/mol. The first-order valence-electron chi connectivity index (χ1n) is 8.01. The van der Waals surface area contributed by atoms with Crippen LogP contribution in [0.1, 0.15) is 64.7 Å². The molecule has 0 atom stereocenters. The highest BCUT2D eigenvalue weighted by molar-refractivity contribution is 6.64. The summed E-state index contributed by atoms with van der Waals surface area (Å²) in [5.41, 5.74) is 0. The fourth-order valence-corrected chi connectivity index (χ4v) is 3.31. The van der Waals surface area contributed by atoms with Crippen molar-refractivity contribution in [1.29, 1.82) is 0 Å². The van der Waals surface area contributed by atoms with Crippen LogP contribution >= 0.6 is 0 Å². The maximum absolute atomic E-state index is 5.90. The average Bonchev–Trinajstić information content (AvgIpc) is 2.37. The van der Waals surface area contributed by atoms with E-state index in [1.165, 1.54) is 51.4 Å². The second-order valence-electron chi connectivity index (χ2n) is 5.65. The lowest BCUT2D eigenvalue weighted by atomic mass is 10.1. The van der Waals surface area contributed by atoms with E-state index in [1.807, 2.05) is 6.08 Å². The Labute approximate surface area is 121 Å². The fraction of sp³-hybridized carbons (Fsp3) is 0.875. The standard InChI is InChI=1S/C16H34O2Si/c1-5-7-9-10-11-12-13-14-16-18-19(3,4)17-15-8-6-2/h6H,2,5,7-16H2,1,3-4H3. The van der Waals surface area contributed by atoms with Gasteiger partial charge in [0.15, 0.2) is 0 Å². The third-order valence-corrected chi connectivity index (χ3v) is 5.02. The van der Waals surface area contributed by atoms with Crippen LogP contribution < -0.4 is 0 Å². The van der Waals surface area contributed by atoms with Crippen LogP contribution in [0.2, 0.25) is 13.1 Å². The summed E-state index contributed by atoms with van der Waals surface area (Å²) in [6, 6.07) is 0. The third kappa shape index (κ3) is 14.1. The van der Waals surface area contributed by atoms with Crippen LogP contribution in [0.4, 0.5) is 0 Å². The van der Waals surface area contributed by atoms with Crippen molar-refractivity contribution in [3.8, 4) is 0 Å². The summed E-state index contributed by atoms with van der Waals surface area (Å²) in [6.45, 7) is 11.8. The van der Waals surface area contributed by atoms with E-state index in [1.54, 1.807) is 0 Å². The first kappa shape index (κ1) is 18.9. The van der Waals surface area contributed by atoms with Crippen molar-refractivity contribution in [2.75, 3.05) is 13.2 Å². The molecule has 0 amide bonds. The van der Waals surface area contributed by atoms with Crippen molar-refractivity contribution >= 4 is 8.56 Å². The maximum Gasteiger partial charge on any atom is 0.331 e. The quantitative estimate of drug-likeness (QED) is 0.240. The van der Waals surface area contributed by atoms with E-state index >= 15 is 0 Å². The van der Waals surface area contributed by atoms with Gasteiger partial charge in [-0.3, -0.25) is 0 Å². The van der Waals surface area contributed by atoms with Crippen molar-refractivity contribution in [2.24, 2.45) is 0 Å². The molecule has 0 N–H and O–H groups in total. The molecule has 0 spiro atoms. The van der Waals surface area contributed by atoms with Crippen LogP contribution in [-0.4, -0.2) is 21.8 Å². The van der Waals surface area contributed by atoms with Crippen LogP contribution in [0.25, 0.3) is 0 Å². The molecule has 0 radical (unpaired) electrons. The van der Waals surface area contributed by atoms with Gasteiger partial charge in [-0.1, -0.05) is 57.9 Å². The maximum atomic E-state index is 5.90. The highest BCUT2D eigenvalue weighted by Crippen LogP contribution is 2.11. The summed E-state index contributed by atoms with van der Waals surface area (Å²) >= 11 is 0. The highest BCUT2D eigenvalue weighted by Gasteiger charge is 2.23. The van der Waals surface area contributed by atoms with Gasteiger partial charge in [0, 0.05) is 13.2 Å². The molecular formula is C16H34O2Si. The van der Waals surface area contributed by atoms with E-state index < -0.39 is 8.56 Å².